The predicted octanol–water partition coefficient (Wildman–Crippen LogP) is 2.95. The largest absolute Gasteiger partial charge is 0.468 e. The summed E-state index contributed by atoms with van der Waals surface area (Å²) in [6.07, 6.45) is 0.926. The van der Waals surface area contributed by atoms with Gasteiger partial charge in [0.15, 0.2) is 0 Å². The molecule has 0 saturated carbocycles. The van der Waals surface area contributed by atoms with Gasteiger partial charge in [-0.25, -0.2) is 0 Å². The average Bonchev–Trinajstić information content (AvgIpc) is 3.07. The second-order valence-electron chi connectivity index (χ2n) is 4.39. The second-order valence-corrected chi connectivity index (χ2v) is 6.85. The lowest BCUT2D eigenvalue weighted by Crippen LogP contribution is -2.31. The van der Waals surface area contributed by atoms with Gasteiger partial charge in [-0.15, -0.1) is 21.5 Å². The summed E-state index contributed by atoms with van der Waals surface area (Å²) >= 11 is 4.93. The number of halogens is 1. The quantitative estimate of drug-likeness (QED) is 0.695. The molecule has 0 radical (unpaired) electrons. The Kier molecular flexibility index (Phi) is 5.89. The molecule has 0 aliphatic heterocycles. The highest BCUT2D eigenvalue weighted by Crippen LogP contribution is 2.30. The van der Waals surface area contributed by atoms with Crippen molar-refractivity contribution >= 4 is 33.2 Å². The number of esters is 1. The van der Waals surface area contributed by atoms with Crippen LogP contribution >= 0.6 is 27.3 Å². The van der Waals surface area contributed by atoms with Gasteiger partial charge in [0.05, 0.1) is 28.9 Å². The third kappa shape index (κ3) is 4.62. The van der Waals surface area contributed by atoms with E-state index in [2.05, 4.69) is 26.1 Å². The molecule has 2 aromatic rings. The van der Waals surface area contributed by atoms with Crippen molar-refractivity contribution in [2.75, 3.05) is 20.2 Å². The second kappa shape index (κ2) is 7.67. The SMILES string of the molecule is CCCN(CC(=O)OC)Cc1nnc(-c2ccc(Br)s2)o1. The zero-order valence-electron chi connectivity index (χ0n) is 11.8. The lowest BCUT2D eigenvalue weighted by atomic mass is 10.4. The highest BCUT2D eigenvalue weighted by atomic mass is 79.9. The van der Waals surface area contributed by atoms with Crippen molar-refractivity contribution in [3.8, 4) is 10.8 Å². The van der Waals surface area contributed by atoms with Gasteiger partial charge in [-0.2, -0.15) is 0 Å². The summed E-state index contributed by atoms with van der Waals surface area (Å²) in [5.41, 5.74) is 0. The number of methoxy groups -OCH3 is 1. The third-order valence-electron chi connectivity index (χ3n) is 2.73. The standard InChI is InChI=1S/C13H16BrN3O3S/c1-3-6-17(8-12(18)19-2)7-11-15-16-13(20-11)9-4-5-10(14)21-9/h4-5H,3,6-8H2,1-2H3. The Morgan fingerprint density at radius 3 is 2.90 bits per heavy atom. The average molecular weight is 374 g/mol. The molecule has 0 amide bonds. The predicted molar refractivity (Wildman–Crippen MR) is 82.9 cm³/mol. The van der Waals surface area contributed by atoms with E-state index in [-0.39, 0.29) is 12.5 Å². The van der Waals surface area contributed by atoms with E-state index >= 15 is 0 Å². The van der Waals surface area contributed by atoms with Crippen LogP contribution in [0, 0.1) is 0 Å². The van der Waals surface area contributed by atoms with Crippen LogP contribution in [0.4, 0.5) is 0 Å². The zero-order chi connectivity index (χ0) is 15.2. The molecule has 0 fully saturated rings. The van der Waals surface area contributed by atoms with Crippen LogP contribution in [0.5, 0.6) is 0 Å². The van der Waals surface area contributed by atoms with E-state index in [1.807, 2.05) is 24.0 Å². The number of nitrogens with zero attached hydrogens (tertiary/aromatic N) is 3. The van der Waals surface area contributed by atoms with Crippen molar-refractivity contribution in [1.29, 1.82) is 0 Å². The Balaban J connectivity index is 2.04. The van der Waals surface area contributed by atoms with E-state index in [1.54, 1.807) is 0 Å². The Hall–Kier alpha value is -1.25. The first-order chi connectivity index (χ1) is 10.1. The highest BCUT2D eigenvalue weighted by molar-refractivity contribution is 9.11. The van der Waals surface area contributed by atoms with Crippen LogP contribution in [0.3, 0.4) is 0 Å². The molecule has 0 unspecified atom stereocenters. The van der Waals surface area contributed by atoms with Crippen LogP contribution in [0.25, 0.3) is 10.8 Å². The number of carbonyl (C=O) groups is 1. The number of carbonyl (C=O) groups excluding carboxylic acids is 1. The van der Waals surface area contributed by atoms with Crippen molar-refractivity contribution in [2.45, 2.75) is 19.9 Å². The molecule has 0 aromatic carbocycles. The minimum Gasteiger partial charge on any atom is -0.468 e. The van der Waals surface area contributed by atoms with Crippen LogP contribution in [-0.4, -0.2) is 41.3 Å². The first-order valence-electron chi connectivity index (χ1n) is 6.49. The summed E-state index contributed by atoms with van der Waals surface area (Å²) in [5.74, 6) is 0.715. The van der Waals surface area contributed by atoms with Crippen LogP contribution in [0.1, 0.15) is 19.2 Å². The van der Waals surface area contributed by atoms with Gasteiger partial charge in [-0.1, -0.05) is 6.92 Å². The molecule has 8 heteroatoms. The number of hydrogen-bond donors (Lipinski definition) is 0. The monoisotopic (exact) mass is 373 g/mol. The molecule has 21 heavy (non-hydrogen) atoms. The highest BCUT2D eigenvalue weighted by Gasteiger charge is 2.16. The maximum absolute atomic E-state index is 11.4. The lowest BCUT2D eigenvalue weighted by Gasteiger charge is -2.17. The Morgan fingerprint density at radius 1 is 1.48 bits per heavy atom. The molecule has 0 saturated heterocycles. The molecular weight excluding hydrogens is 358 g/mol. The molecule has 0 aliphatic rings. The molecule has 2 aromatic heterocycles. The molecule has 0 spiro atoms. The third-order valence-corrected chi connectivity index (χ3v) is 4.34. The summed E-state index contributed by atoms with van der Waals surface area (Å²) in [6.45, 7) is 3.46. The lowest BCUT2D eigenvalue weighted by molar-refractivity contribution is -0.142. The number of rotatable bonds is 7. The van der Waals surface area contributed by atoms with Crippen LogP contribution < -0.4 is 0 Å². The van der Waals surface area contributed by atoms with Gasteiger partial charge >= 0.3 is 5.97 Å². The maximum Gasteiger partial charge on any atom is 0.319 e. The Bertz CT molecular complexity index is 599. The molecule has 0 aliphatic carbocycles. The molecular formula is C13H16BrN3O3S. The van der Waals surface area contributed by atoms with E-state index in [0.717, 1.165) is 21.6 Å². The number of ether oxygens (including phenoxy) is 1. The number of thiophene rings is 1. The van der Waals surface area contributed by atoms with Crippen molar-refractivity contribution in [3.63, 3.8) is 0 Å². The van der Waals surface area contributed by atoms with E-state index in [9.17, 15) is 4.79 Å². The fourth-order valence-electron chi connectivity index (χ4n) is 1.81. The fraction of sp³-hybridized carbons (Fsp3) is 0.462. The topological polar surface area (TPSA) is 68.5 Å². The van der Waals surface area contributed by atoms with E-state index in [4.69, 9.17) is 9.15 Å². The summed E-state index contributed by atoms with van der Waals surface area (Å²) in [5, 5.41) is 8.08. The van der Waals surface area contributed by atoms with Crippen molar-refractivity contribution in [3.05, 3.63) is 21.8 Å². The van der Waals surface area contributed by atoms with Gasteiger partial charge in [0, 0.05) is 0 Å². The Labute approximate surface area is 135 Å². The van der Waals surface area contributed by atoms with Crippen LogP contribution in [-0.2, 0) is 16.1 Å². The van der Waals surface area contributed by atoms with E-state index < -0.39 is 0 Å². The number of hydrogen-bond acceptors (Lipinski definition) is 7. The first kappa shape index (κ1) is 16.1. The molecule has 2 rings (SSSR count). The van der Waals surface area contributed by atoms with Gasteiger partial charge in [0.2, 0.25) is 5.89 Å². The van der Waals surface area contributed by atoms with Gasteiger partial charge in [0.25, 0.3) is 5.89 Å². The zero-order valence-corrected chi connectivity index (χ0v) is 14.2. The number of aromatic nitrogens is 2. The minimum atomic E-state index is -0.273. The van der Waals surface area contributed by atoms with Gasteiger partial charge in [-0.3, -0.25) is 9.69 Å². The van der Waals surface area contributed by atoms with Gasteiger partial charge < -0.3 is 9.15 Å². The smallest absolute Gasteiger partial charge is 0.319 e. The molecule has 0 atom stereocenters. The molecule has 2 heterocycles. The summed E-state index contributed by atoms with van der Waals surface area (Å²) < 4.78 is 11.3. The summed E-state index contributed by atoms with van der Waals surface area (Å²) in [7, 11) is 1.38. The molecule has 6 nitrogen and oxygen atoms in total. The van der Waals surface area contributed by atoms with Gasteiger partial charge in [-0.05, 0) is 41.0 Å². The van der Waals surface area contributed by atoms with Crippen molar-refractivity contribution in [2.24, 2.45) is 0 Å². The van der Waals surface area contributed by atoms with Gasteiger partial charge in [0.1, 0.15) is 0 Å². The molecule has 0 N–H and O–H groups in total. The maximum atomic E-state index is 11.4. The van der Waals surface area contributed by atoms with Crippen molar-refractivity contribution in [1.82, 2.24) is 15.1 Å². The van der Waals surface area contributed by atoms with E-state index in [0.29, 0.717) is 18.3 Å². The van der Waals surface area contributed by atoms with E-state index in [1.165, 1.54) is 18.4 Å². The molecule has 0 bridgehead atoms. The summed E-state index contributed by atoms with van der Waals surface area (Å²) in [6, 6.07) is 3.86. The normalized spacial score (nSPS) is 11.0. The van der Waals surface area contributed by atoms with Crippen molar-refractivity contribution < 1.29 is 13.9 Å². The van der Waals surface area contributed by atoms with Crippen LogP contribution in [0.15, 0.2) is 20.3 Å². The Morgan fingerprint density at radius 2 is 2.29 bits per heavy atom. The van der Waals surface area contributed by atoms with Crippen LogP contribution in [0.2, 0.25) is 0 Å². The fourth-order valence-corrected chi connectivity index (χ4v) is 3.12. The molecule has 114 valence electrons. The summed E-state index contributed by atoms with van der Waals surface area (Å²) in [4.78, 5) is 14.2. The minimum absolute atomic E-state index is 0.215. The first-order valence-corrected chi connectivity index (χ1v) is 8.10.